The van der Waals surface area contributed by atoms with Gasteiger partial charge in [-0.05, 0) is 44.5 Å². The topological polar surface area (TPSA) is 67.4 Å². The molecule has 1 amide bonds. The van der Waals surface area contributed by atoms with E-state index in [-0.39, 0.29) is 11.9 Å². The average molecular weight is 292 g/mol. The van der Waals surface area contributed by atoms with E-state index < -0.39 is 0 Å². The second-order valence-corrected chi connectivity index (χ2v) is 4.86. The molecule has 1 aromatic carbocycles. The van der Waals surface area contributed by atoms with Gasteiger partial charge in [0.05, 0.1) is 12.2 Å². The second kappa shape index (κ2) is 9.13. The van der Waals surface area contributed by atoms with E-state index >= 15 is 0 Å². The molecular weight excluding hydrogens is 268 g/mol. The Morgan fingerprint density at radius 3 is 2.43 bits per heavy atom. The van der Waals surface area contributed by atoms with E-state index in [1.54, 1.807) is 31.2 Å². The molecular formula is C16H24N2O3. The fourth-order valence-electron chi connectivity index (χ4n) is 1.70. The SMILES string of the molecule is CCOC(=O)c1ccc(NC(=O)CCNC(C)CC)cc1. The first kappa shape index (κ1) is 17.2. The van der Waals surface area contributed by atoms with Gasteiger partial charge in [-0.25, -0.2) is 4.79 Å². The van der Waals surface area contributed by atoms with Gasteiger partial charge >= 0.3 is 5.97 Å². The summed E-state index contributed by atoms with van der Waals surface area (Å²) in [6, 6.07) is 7.11. The highest BCUT2D eigenvalue weighted by Crippen LogP contribution is 2.10. The van der Waals surface area contributed by atoms with E-state index in [9.17, 15) is 9.59 Å². The van der Waals surface area contributed by atoms with Gasteiger partial charge in [-0.2, -0.15) is 0 Å². The molecule has 0 heterocycles. The van der Waals surface area contributed by atoms with Crippen molar-refractivity contribution < 1.29 is 14.3 Å². The zero-order valence-electron chi connectivity index (χ0n) is 12.9. The number of hydrogen-bond donors (Lipinski definition) is 2. The molecule has 0 spiro atoms. The number of benzene rings is 1. The smallest absolute Gasteiger partial charge is 0.338 e. The third-order valence-corrected chi connectivity index (χ3v) is 3.14. The fourth-order valence-corrected chi connectivity index (χ4v) is 1.70. The van der Waals surface area contributed by atoms with Crippen LogP contribution >= 0.6 is 0 Å². The third kappa shape index (κ3) is 6.40. The van der Waals surface area contributed by atoms with Crippen LogP contribution in [0.1, 0.15) is 44.0 Å². The minimum absolute atomic E-state index is 0.0466. The van der Waals surface area contributed by atoms with Gasteiger partial charge in [0.25, 0.3) is 0 Å². The first-order valence-electron chi connectivity index (χ1n) is 7.37. The summed E-state index contributed by atoms with van der Waals surface area (Å²) in [7, 11) is 0. The Morgan fingerprint density at radius 2 is 1.86 bits per heavy atom. The monoisotopic (exact) mass is 292 g/mol. The maximum atomic E-state index is 11.8. The average Bonchev–Trinajstić information content (AvgIpc) is 2.48. The first-order valence-corrected chi connectivity index (χ1v) is 7.37. The Labute approximate surface area is 126 Å². The van der Waals surface area contributed by atoms with E-state index in [1.165, 1.54) is 0 Å². The predicted octanol–water partition coefficient (Wildman–Crippen LogP) is 2.58. The van der Waals surface area contributed by atoms with Crippen molar-refractivity contribution in [3.05, 3.63) is 29.8 Å². The van der Waals surface area contributed by atoms with Crippen molar-refractivity contribution in [3.8, 4) is 0 Å². The summed E-state index contributed by atoms with van der Waals surface area (Å²) in [6.45, 7) is 6.96. The van der Waals surface area contributed by atoms with Crippen LogP contribution in [0.4, 0.5) is 5.69 Å². The Kier molecular flexibility index (Phi) is 7.46. The van der Waals surface area contributed by atoms with Crippen molar-refractivity contribution in [2.75, 3.05) is 18.5 Å². The predicted molar refractivity (Wildman–Crippen MR) is 83.4 cm³/mol. The summed E-state index contributed by atoms with van der Waals surface area (Å²) in [5.41, 5.74) is 1.16. The van der Waals surface area contributed by atoms with Crippen molar-refractivity contribution in [2.24, 2.45) is 0 Å². The summed E-state index contributed by atoms with van der Waals surface area (Å²) < 4.78 is 4.90. The van der Waals surface area contributed by atoms with Gasteiger partial charge in [-0.15, -0.1) is 0 Å². The van der Waals surface area contributed by atoms with Crippen molar-refractivity contribution in [2.45, 2.75) is 39.7 Å². The van der Waals surface area contributed by atoms with Crippen LogP contribution in [-0.2, 0) is 9.53 Å². The Bertz CT molecular complexity index is 457. The molecule has 1 aromatic rings. The quantitative estimate of drug-likeness (QED) is 0.723. The van der Waals surface area contributed by atoms with Gasteiger partial charge in [-0.3, -0.25) is 4.79 Å². The lowest BCUT2D eigenvalue weighted by Gasteiger charge is -2.11. The zero-order valence-corrected chi connectivity index (χ0v) is 12.9. The van der Waals surface area contributed by atoms with E-state index in [0.717, 1.165) is 6.42 Å². The van der Waals surface area contributed by atoms with Crippen molar-refractivity contribution in [3.63, 3.8) is 0 Å². The van der Waals surface area contributed by atoms with Crippen LogP contribution in [0.3, 0.4) is 0 Å². The van der Waals surface area contributed by atoms with Gasteiger partial charge in [0.15, 0.2) is 0 Å². The number of hydrogen-bond acceptors (Lipinski definition) is 4. The maximum absolute atomic E-state index is 11.8. The van der Waals surface area contributed by atoms with E-state index in [0.29, 0.717) is 36.9 Å². The Morgan fingerprint density at radius 1 is 1.19 bits per heavy atom. The van der Waals surface area contributed by atoms with Crippen LogP contribution in [0, 0.1) is 0 Å². The number of esters is 1. The van der Waals surface area contributed by atoms with Crippen LogP contribution in [-0.4, -0.2) is 31.1 Å². The molecule has 0 radical (unpaired) electrons. The van der Waals surface area contributed by atoms with Crippen LogP contribution in [0.15, 0.2) is 24.3 Å². The summed E-state index contributed by atoms with van der Waals surface area (Å²) in [4.78, 5) is 23.3. The molecule has 0 aliphatic heterocycles. The summed E-state index contributed by atoms with van der Waals surface area (Å²) in [6.07, 6.45) is 1.46. The molecule has 5 heteroatoms. The molecule has 0 fully saturated rings. The Hall–Kier alpha value is -1.88. The summed E-state index contributed by atoms with van der Waals surface area (Å²) >= 11 is 0. The second-order valence-electron chi connectivity index (χ2n) is 4.86. The first-order chi connectivity index (χ1) is 10.1. The van der Waals surface area contributed by atoms with Crippen molar-refractivity contribution >= 4 is 17.6 Å². The van der Waals surface area contributed by atoms with Gasteiger partial charge in [0, 0.05) is 24.7 Å². The maximum Gasteiger partial charge on any atom is 0.338 e. The molecule has 1 unspecified atom stereocenters. The van der Waals surface area contributed by atoms with Gasteiger partial charge in [0.1, 0.15) is 0 Å². The molecule has 0 aliphatic carbocycles. The van der Waals surface area contributed by atoms with E-state index in [1.807, 2.05) is 0 Å². The van der Waals surface area contributed by atoms with Crippen LogP contribution in [0.25, 0.3) is 0 Å². The molecule has 0 bridgehead atoms. The van der Waals surface area contributed by atoms with Crippen molar-refractivity contribution in [1.82, 2.24) is 5.32 Å². The summed E-state index contributed by atoms with van der Waals surface area (Å²) in [5.74, 6) is -0.400. The minimum Gasteiger partial charge on any atom is -0.462 e. The number of rotatable bonds is 8. The molecule has 21 heavy (non-hydrogen) atoms. The highest BCUT2D eigenvalue weighted by molar-refractivity contribution is 5.93. The van der Waals surface area contributed by atoms with Crippen molar-refractivity contribution in [1.29, 1.82) is 0 Å². The molecule has 1 rings (SSSR count). The summed E-state index contributed by atoms with van der Waals surface area (Å²) in [5, 5.41) is 6.07. The number of nitrogens with one attached hydrogen (secondary N) is 2. The number of carbonyl (C=O) groups excluding carboxylic acids is 2. The minimum atomic E-state index is -0.354. The standard InChI is InChI=1S/C16H24N2O3/c1-4-12(3)17-11-10-15(19)18-14-8-6-13(7-9-14)16(20)21-5-2/h6-9,12,17H,4-5,10-11H2,1-3H3,(H,18,19). The van der Waals surface area contributed by atoms with Gasteiger partial charge < -0.3 is 15.4 Å². The molecule has 0 saturated carbocycles. The molecule has 5 nitrogen and oxygen atoms in total. The third-order valence-electron chi connectivity index (χ3n) is 3.14. The van der Waals surface area contributed by atoms with Crippen LogP contribution in [0.2, 0.25) is 0 Å². The molecule has 0 aromatic heterocycles. The number of carbonyl (C=O) groups is 2. The normalized spacial score (nSPS) is 11.8. The highest BCUT2D eigenvalue weighted by Gasteiger charge is 2.07. The number of ether oxygens (including phenoxy) is 1. The zero-order chi connectivity index (χ0) is 15.7. The lowest BCUT2D eigenvalue weighted by atomic mass is 10.2. The van der Waals surface area contributed by atoms with Crippen LogP contribution < -0.4 is 10.6 Å². The number of anilines is 1. The van der Waals surface area contributed by atoms with Gasteiger partial charge in [-0.1, -0.05) is 6.92 Å². The molecule has 1 atom stereocenters. The molecule has 116 valence electrons. The lowest BCUT2D eigenvalue weighted by Crippen LogP contribution is -2.28. The molecule has 0 saturated heterocycles. The fraction of sp³-hybridized carbons (Fsp3) is 0.500. The molecule has 2 N–H and O–H groups in total. The van der Waals surface area contributed by atoms with E-state index in [4.69, 9.17) is 4.74 Å². The Balaban J connectivity index is 2.41. The van der Waals surface area contributed by atoms with E-state index in [2.05, 4.69) is 24.5 Å². The van der Waals surface area contributed by atoms with Crippen LogP contribution in [0.5, 0.6) is 0 Å². The largest absolute Gasteiger partial charge is 0.462 e. The number of amides is 1. The van der Waals surface area contributed by atoms with Gasteiger partial charge in [0.2, 0.25) is 5.91 Å². The lowest BCUT2D eigenvalue weighted by molar-refractivity contribution is -0.116. The highest BCUT2D eigenvalue weighted by atomic mass is 16.5. The molecule has 0 aliphatic rings.